The monoisotopic (exact) mass is 220 g/mol. The summed E-state index contributed by atoms with van der Waals surface area (Å²) < 4.78 is 0. The molecule has 2 atom stereocenters. The van der Waals surface area contributed by atoms with Crippen LogP contribution in [0.2, 0.25) is 0 Å². The van der Waals surface area contributed by atoms with Gasteiger partial charge in [-0.3, -0.25) is 0 Å². The highest BCUT2D eigenvalue weighted by atomic mass is 16.2. The van der Waals surface area contributed by atoms with Crippen LogP contribution in [0.15, 0.2) is 24.3 Å². The van der Waals surface area contributed by atoms with Crippen molar-refractivity contribution in [2.45, 2.75) is 25.7 Å². The van der Waals surface area contributed by atoms with Crippen molar-refractivity contribution in [2.75, 3.05) is 5.32 Å². The minimum Gasteiger partial charge on any atom is -0.365 e. The maximum absolute atomic E-state index is 11.2. The molecule has 1 aliphatic rings. The third-order valence-corrected chi connectivity index (χ3v) is 2.50. The number of hydrogen-bond acceptors (Lipinski definition) is 3. The molecule has 1 aromatic rings. The minimum absolute atomic E-state index is 0.119. The molecule has 2 rings (SSSR count). The fraction of sp³-hybridized carbons (Fsp3) is 0.364. The van der Waals surface area contributed by atoms with E-state index in [4.69, 9.17) is 5.73 Å². The molecule has 0 spiro atoms. The fourth-order valence-electron chi connectivity index (χ4n) is 1.69. The molecule has 0 saturated carbocycles. The van der Waals surface area contributed by atoms with E-state index in [1.807, 2.05) is 31.2 Å². The fourth-order valence-corrected chi connectivity index (χ4v) is 1.69. The smallest absolute Gasteiger partial charge is 0.317 e. The van der Waals surface area contributed by atoms with Gasteiger partial charge in [-0.05, 0) is 19.1 Å². The molecule has 2 amide bonds. The quantitative estimate of drug-likeness (QED) is 0.593. The molecular formula is C11H16N4O. The summed E-state index contributed by atoms with van der Waals surface area (Å²) in [5.74, 6) is 0. The summed E-state index contributed by atoms with van der Waals surface area (Å²) in [6.45, 7) is 2.03. The topological polar surface area (TPSA) is 79.2 Å². The van der Waals surface area contributed by atoms with E-state index in [1.54, 1.807) is 0 Å². The lowest BCUT2D eigenvalue weighted by Gasteiger charge is -2.30. The Hall–Kier alpha value is -1.75. The van der Waals surface area contributed by atoms with Crippen LogP contribution in [-0.4, -0.2) is 18.4 Å². The number of amides is 2. The van der Waals surface area contributed by atoms with Gasteiger partial charge >= 0.3 is 6.03 Å². The molecule has 0 radical (unpaired) electrons. The maximum atomic E-state index is 11.2. The molecule has 1 aromatic carbocycles. The van der Waals surface area contributed by atoms with Crippen molar-refractivity contribution in [3.63, 3.8) is 0 Å². The van der Waals surface area contributed by atoms with Crippen LogP contribution in [0.25, 0.3) is 0 Å². The molecule has 5 heteroatoms. The molecule has 5 nitrogen and oxygen atoms in total. The zero-order valence-corrected chi connectivity index (χ0v) is 9.16. The molecule has 16 heavy (non-hydrogen) atoms. The van der Waals surface area contributed by atoms with Gasteiger partial charge in [0.05, 0.1) is 6.17 Å². The van der Waals surface area contributed by atoms with Crippen molar-refractivity contribution in [3.05, 3.63) is 29.8 Å². The highest BCUT2D eigenvalue weighted by Crippen LogP contribution is 2.11. The van der Waals surface area contributed by atoms with Gasteiger partial charge in [0.15, 0.2) is 0 Å². The number of nitrogens with two attached hydrogens (primary N) is 1. The largest absolute Gasteiger partial charge is 0.365 e. The summed E-state index contributed by atoms with van der Waals surface area (Å²) in [6, 6.07) is 7.77. The van der Waals surface area contributed by atoms with E-state index in [0.29, 0.717) is 6.42 Å². The Morgan fingerprint density at radius 2 is 2.00 bits per heavy atom. The molecule has 2 unspecified atom stereocenters. The molecule has 86 valence electrons. The van der Waals surface area contributed by atoms with Crippen LogP contribution in [0.1, 0.15) is 12.0 Å². The number of carbonyl (C=O) groups is 1. The van der Waals surface area contributed by atoms with E-state index in [2.05, 4.69) is 16.0 Å². The predicted molar refractivity (Wildman–Crippen MR) is 62.8 cm³/mol. The van der Waals surface area contributed by atoms with Crippen LogP contribution >= 0.6 is 0 Å². The lowest BCUT2D eigenvalue weighted by molar-refractivity contribution is 0.222. The average Bonchev–Trinajstić information content (AvgIpc) is 2.20. The Morgan fingerprint density at radius 3 is 2.62 bits per heavy atom. The number of hydrogen-bond donors (Lipinski definition) is 4. The Bertz CT molecular complexity index is 376. The summed E-state index contributed by atoms with van der Waals surface area (Å²) in [4.78, 5) is 11.2. The Kier molecular flexibility index (Phi) is 2.96. The second kappa shape index (κ2) is 4.40. The summed E-state index contributed by atoms with van der Waals surface area (Å²) in [5.41, 5.74) is 7.86. The van der Waals surface area contributed by atoms with Crippen molar-refractivity contribution in [1.29, 1.82) is 0 Å². The summed E-state index contributed by atoms with van der Waals surface area (Å²) in [5, 5.41) is 8.58. The van der Waals surface area contributed by atoms with Gasteiger partial charge in [0, 0.05) is 12.1 Å². The summed E-state index contributed by atoms with van der Waals surface area (Å²) >= 11 is 0. The molecule has 1 aliphatic heterocycles. The van der Waals surface area contributed by atoms with E-state index < -0.39 is 0 Å². The molecular weight excluding hydrogens is 204 g/mol. The van der Waals surface area contributed by atoms with E-state index in [-0.39, 0.29) is 18.4 Å². The molecule has 1 heterocycles. The molecule has 1 saturated heterocycles. The van der Waals surface area contributed by atoms with E-state index in [9.17, 15) is 4.79 Å². The first-order valence-corrected chi connectivity index (χ1v) is 5.29. The third kappa shape index (κ3) is 2.64. The lowest BCUT2D eigenvalue weighted by Crippen LogP contribution is -2.59. The Morgan fingerprint density at radius 1 is 1.31 bits per heavy atom. The van der Waals surface area contributed by atoms with Crippen molar-refractivity contribution in [3.8, 4) is 0 Å². The number of nitrogens with one attached hydrogen (secondary N) is 3. The highest BCUT2D eigenvalue weighted by molar-refractivity contribution is 5.75. The molecule has 5 N–H and O–H groups in total. The van der Waals surface area contributed by atoms with Crippen molar-refractivity contribution in [2.24, 2.45) is 5.73 Å². The van der Waals surface area contributed by atoms with Crippen LogP contribution in [0.4, 0.5) is 10.5 Å². The van der Waals surface area contributed by atoms with Crippen molar-refractivity contribution >= 4 is 11.7 Å². The van der Waals surface area contributed by atoms with Gasteiger partial charge in [0.25, 0.3) is 0 Å². The SMILES string of the molecule is Cc1ccc(NC2CC(N)NC(=O)N2)cc1. The van der Waals surface area contributed by atoms with Crippen LogP contribution in [0, 0.1) is 6.92 Å². The van der Waals surface area contributed by atoms with E-state index >= 15 is 0 Å². The molecule has 1 fully saturated rings. The van der Waals surface area contributed by atoms with Gasteiger partial charge in [-0.2, -0.15) is 0 Å². The van der Waals surface area contributed by atoms with Crippen molar-refractivity contribution in [1.82, 2.24) is 10.6 Å². The average molecular weight is 220 g/mol. The molecule has 0 bridgehead atoms. The maximum Gasteiger partial charge on any atom is 0.317 e. The van der Waals surface area contributed by atoms with Crippen LogP contribution in [-0.2, 0) is 0 Å². The van der Waals surface area contributed by atoms with Gasteiger partial charge in [-0.25, -0.2) is 4.79 Å². The number of rotatable bonds is 2. The zero-order chi connectivity index (χ0) is 11.5. The number of carbonyl (C=O) groups excluding carboxylic acids is 1. The number of urea groups is 1. The van der Waals surface area contributed by atoms with Crippen LogP contribution in [0.3, 0.4) is 0 Å². The third-order valence-electron chi connectivity index (χ3n) is 2.50. The second-order valence-electron chi connectivity index (χ2n) is 4.02. The van der Waals surface area contributed by atoms with Gasteiger partial charge in [0.2, 0.25) is 0 Å². The second-order valence-corrected chi connectivity index (χ2v) is 4.02. The number of benzene rings is 1. The summed E-state index contributed by atoms with van der Waals surface area (Å²) in [7, 11) is 0. The summed E-state index contributed by atoms with van der Waals surface area (Å²) in [6.07, 6.45) is 0.239. The van der Waals surface area contributed by atoms with E-state index in [1.165, 1.54) is 5.56 Å². The first-order chi connectivity index (χ1) is 7.63. The normalized spacial score (nSPS) is 24.5. The lowest BCUT2D eigenvalue weighted by atomic mass is 10.2. The standard InChI is InChI=1S/C11H16N4O/c1-7-2-4-8(5-3-7)13-10-6-9(12)14-11(16)15-10/h2-5,9-10,13H,6,12H2,1H3,(H2,14,15,16). The highest BCUT2D eigenvalue weighted by Gasteiger charge is 2.22. The van der Waals surface area contributed by atoms with Crippen LogP contribution < -0.4 is 21.7 Å². The van der Waals surface area contributed by atoms with Gasteiger partial charge in [-0.1, -0.05) is 17.7 Å². The molecule has 0 aliphatic carbocycles. The number of aryl methyl sites for hydroxylation is 1. The number of anilines is 1. The molecule has 0 aromatic heterocycles. The van der Waals surface area contributed by atoms with Crippen LogP contribution in [0.5, 0.6) is 0 Å². The minimum atomic E-state index is -0.295. The van der Waals surface area contributed by atoms with Crippen molar-refractivity contribution < 1.29 is 4.79 Å². The Balaban J connectivity index is 1.98. The van der Waals surface area contributed by atoms with Gasteiger partial charge in [0.1, 0.15) is 6.17 Å². The van der Waals surface area contributed by atoms with E-state index in [0.717, 1.165) is 5.69 Å². The first-order valence-electron chi connectivity index (χ1n) is 5.29. The van der Waals surface area contributed by atoms with Gasteiger partial charge in [-0.15, -0.1) is 0 Å². The Labute approximate surface area is 94.4 Å². The van der Waals surface area contributed by atoms with Gasteiger partial charge < -0.3 is 21.7 Å². The zero-order valence-electron chi connectivity index (χ0n) is 9.16. The predicted octanol–water partition coefficient (Wildman–Crippen LogP) is 0.721. The first kappa shape index (κ1) is 10.8.